The van der Waals surface area contributed by atoms with Crippen LogP contribution in [-0.2, 0) is 0 Å². The smallest absolute Gasteiger partial charge is 0.201 e. The lowest BCUT2D eigenvalue weighted by Gasteiger charge is -2.24. The molecule has 2 N–H and O–H groups in total. The number of nitrogens with two attached hydrogens (primary N) is 1. The number of hydrogen-bond donors (Lipinski definition) is 1. The number of benzene rings is 1. The van der Waals surface area contributed by atoms with E-state index in [1.54, 1.807) is 0 Å². The van der Waals surface area contributed by atoms with Crippen molar-refractivity contribution in [1.82, 2.24) is 9.55 Å². The molecule has 1 saturated carbocycles. The molecule has 0 radical (unpaired) electrons. The minimum atomic E-state index is 0.493. The van der Waals surface area contributed by atoms with Gasteiger partial charge < -0.3 is 10.3 Å². The number of rotatable bonds is 1. The molecule has 0 unspecified atom stereocenters. The molecule has 0 spiro atoms. The third kappa shape index (κ3) is 1.89. The third-order valence-electron chi connectivity index (χ3n) is 3.62. The Balaban J connectivity index is 2.13. The van der Waals surface area contributed by atoms with Gasteiger partial charge in [0.25, 0.3) is 0 Å². The number of anilines is 1. The van der Waals surface area contributed by atoms with Crippen molar-refractivity contribution in [2.45, 2.75) is 38.1 Å². The second-order valence-corrected chi connectivity index (χ2v) is 5.20. The lowest BCUT2D eigenvalue weighted by atomic mass is 9.95. The van der Waals surface area contributed by atoms with Crippen LogP contribution in [0.1, 0.15) is 38.1 Å². The largest absolute Gasteiger partial charge is 0.369 e. The number of aromatic nitrogens is 2. The van der Waals surface area contributed by atoms with Crippen LogP contribution < -0.4 is 5.73 Å². The van der Waals surface area contributed by atoms with Gasteiger partial charge in [-0.25, -0.2) is 4.98 Å². The van der Waals surface area contributed by atoms with Crippen molar-refractivity contribution in [2.24, 2.45) is 0 Å². The van der Waals surface area contributed by atoms with Crippen molar-refractivity contribution in [3.8, 4) is 0 Å². The number of nitrogen functional groups attached to an aromatic ring is 1. The van der Waals surface area contributed by atoms with Crippen LogP contribution in [-0.4, -0.2) is 9.55 Å². The van der Waals surface area contributed by atoms with Crippen molar-refractivity contribution in [2.75, 3.05) is 5.73 Å². The topological polar surface area (TPSA) is 43.8 Å². The standard InChI is InChI=1S/C13H16ClN3/c14-9-6-7-11-12(8-9)17(13(15)16-11)10-4-2-1-3-5-10/h6-8,10H,1-5H2,(H2,15,16). The lowest BCUT2D eigenvalue weighted by molar-refractivity contribution is 0.363. The summed E-state index contributed by atoms with van der Waals surface area (Å²) in [5.74, 6) is 0.620. The first-order valence-electron chi connectivity index (χ1n) is 6.18. The summed E-state index contributed by atoms with van der Waals surface area (Å²) in [6, 6.07) is 6.26. The van der Waals surface area contributed by atoms with E-state index < -0.39 is 0 Å². The molecular formula is C13H16ClN3. The summed E-state index contributed by atoms with van der Waals surface area (Å²) in [6.45, 7) is 0. The summed E-state index contributed by atoms with van der Waals surface area (Å²) in [7, 11) is 0. The molecule has 4 heteroatoms. The molecule has 1 aliphatic carbocycles. The summed E-state index contributed by atoms with van der Waals surface area (Å²) in [5.41, 5.74) is 8.06. The van der Waals surface area contributed by atoms with Crippen molar-refractivity contribution >= 4 is 28.6 Å². The van der Waals surface area contributed by atoms with Crippen molar-refractivity contribution in [1.29, 1.82) is 0 Å². The highest BCUT2D eigenvalue weighted by atomic mass is 35.5. The Bertz CT molecular complexity index is 541. The van der Waals surface area contributed by atoms with Gasteiger partial charge in [-0.1, -0.05) is 30.9 Å². The Morgan fingerprint density at radius 2 is 2.00 bits per heavy atom. The number of halogens is 1. The first-order valence-corrected chi connectivity index (χ1v) is 6.56. The second-order valence-electron chi connectivity index (χ2n) is 4.76. The van der Waals surface area contributed by atoms with Crippen molar-refractivity contribution in [3.05, 3.63) is 23.2 Å². The van der Waals surface area contributed by atoms with E-state index in [2.05, 4.69) is 9.55 Å². The fraction of sp³-hybridized carbons (Fsp3) is 0.462. The summed E-state index contributed by atoms with van der Waals surface area (Å²) >= 11 is 6.06. The molecular weight excluding hydrogens is 234 g/mol. The molecule has 1 aromatic carbocycles. The van der Waals surface area contributed by atoms with Crippen LogP contribution in [0.5, 0.6) is 0 Å². The lowest BCUT2D eigenvalue weighted by Crippen LogP contribution is -2.14. The maximum atomic E-state index is 6.06. The Hall–Kier alpha value is -1.22. The maximum absolute atomic E-state index is 6.06. The Labute approximate surface area is 106 Å². The molecule has 1 aromatic heterocycles. The van der Waals surface area contributed by atoms with Gasteiger partial charge in [0.1, 0.15) is 0 Å². The van der Waals surface area contributed by atoms with Gasteiger partial charge in [-0.05, 0) is 31.0 Å². The predicted molar refractivity (Wildman–Crippen MR) is 71.3 cm³/mol. The van der Waals surface area contributed by atoms with Crippen LogP contribution in [0.2, 0.25) is 5.02 Å². The maximum Gasteiger partial charge on any atom is 0.201 e. The van der Waals surface area contributed by atoms with E-state index in [-0.39, 0.29) is 0 Å². The average Bonchev–Trinajstić information content (AvgIpc) is 2.65. The molecule has 0 atom stereocenters. The molecule has 0 bridgehead atoms. The fourth-order valence-electron chi connectivity index (χ4n) is 2.81. The van der Waals surface area contributed by atoms with Crippen LogP contribution in [0.4, 0.5) is 5.95 Å². The van der Waals surface area contributed by atoms with Gasteiger partial charge in [-0.2, -0.15) is 0 Å². The molecule has 3 rings (SSSR count). The zero-order valence-corrected chi connectivity index (χ0v) is 10.5. The van der Waals surface area contributed by atoms with Crippen molar-refractivity contribution in [3.63, 3.8) is 0 Å². The molecule has 0 aliphatic heterocycles. The van der Waals surface area contributed by atoms with E-state index in [9.17, 15) is 0 Å². The van der Waals surface area contributed by atoms with E-state index in [1.165, 1.54) is 32.1 Å². The first-order chi connectivity index (χ1) is 8.25. The molecule has 1 fully saturated rings. The quantitative estimate of drug-likeness (QED) is 0.836. The Morgan fingerprint density at radius 3 is 2.76 bits per heavy atom. The molecule has 0 saturated heterocycles. The van der Waals surface area contributed by atoms with Crippen LogP contribution in [0, 0.1) is 0 Å². The minimum Gasteiger partial charge on any atom is -0.369 e. The molecule has 17 heavy (non-hydrogen) atoms. The number of nitrogens with zero attached hydrogens (tertiary/aromatic N) is 2. The van der Waals surface area contributed by atoms with Crippen LogP contribution >= 0.6 is 11.6 Å². The van der Waals surface area contributed by atoms with Gasteiger partial charge in [-0.3, -0.25) is 0 Å². The molecule has 1 aliphatic rings. The SMILES string of the molecule is Nc1nc2ccc(Cl)cc2n1C1CCCCC1. The van der Waals surface area contributed by atoms with Gasteiger partial charge in [0, 0.05) is 11.1 Å². The van der Waals surface area contributed by atoms with E-state index in [0.29, 0.717) is 12.0 Å². The van der Waals surface area contributed by atoms with E-state index >= 15 is 0 Å². The molecule has 1 heterocycles. The summed E-state index contributed by atoms with van der Waals surface area (Å²) in [4.78, 5) is 4.41. The van der Waals surface area contributed by atoms with Gasteiger partial charge in [0.2, 0.25) is 5.95 Å². The van der Waals surface area contributed by atoms with E-state index in [4.69, 9.17) is 17.3 Å². The molecule has 3 nitrogen and oxygen atoms in total. The third-order valence-corrected chi connectivity index (χ3v) is 3.85. The Kier molecular flexibility index (Phi) is 2.71. The zero-order chi connectivity index (χ0) is 11.8. The molecule has 0 amide bonds. The number of hydrogen-bond acceptors (Lipinski definition) is 2. The van der Waals surface area contributed by atoms with Crippen molar-refractivity contribution < 1.29 is 0 Å². The first kappa shape index (κ1) is 10.9. The summed E-state index contributed by atoms with van der Waals surface area (Å²) < 4.78 is 2.17. The van der Waals surface area contributed by atoms with Gasteiger partial charge in [-0.15, -0.1) is 0 Å². The highest BCUT2D eigenvalue weighted by molar-refractivity contribution is 6.31. The highest BCUT2D eigenvalue weighted by Crippen LogP contribution is 2.33. The summed E-state index contributed by atoms with van der Waals surface area (Å²) in [5, 5.41) is 0.745. The van der Waals surface area contributed by atoms with Crippen LogP contribution in [0.15, 0.2) is 18.2 Å². The number of fused-ring (bicyclic) bond motifs is 1. The van der Waals surface area contributed by atoms with Crippen LogP contribution in [0.25, 0.3) is 11.0 Å². The monoisotopic (exact) mass is 249 g/mol. The number of imidazole rings is 1. The zero-order valence-electron chi connectivity index (χ0n) is 9.69. The van der Waals surface area contributed by atoms with E-state index in [0.717, 1.165) is 16.1 Å². The fourth-order valence-corrected chi connectivity index (χ4v) is 2.97. The predicted octanol–water partition coefficient (Wildman–Crippen LogP) is 3.78. The minimum absolute atomic E-state index is 0.493. The van der Waals surface area contributed by atoms with Gasteiger partial charge in [0.15, 0.2) is 0 Å². The average molecular weight is 250 g/mol. The summed E-state index contributed by atoms with van der Waals surface area (Å²) in [6.07, 6.45) is 6.29. The Morgan fingerprint density at radius 1 is 1.24 bits per heavy atom. The van der Waals surface area contributed by atoms with E-state index in [1.807, 2.05) is 18.2 Å². The highest BCUT2D eigenvalue weighted by Gasteiger charge is 2.20. The second kappa shape index (κ2) is 4.22. The normalized spacial score (nSPS) is 17.7. The molecule has 90 valence electrons. The van der Waals surface area contributed by atoms with Gasteiger partial charge >= 0.3 is 0 Å². The molecule has 2 aromatic rings. The van der Waals surface area contributed by atoms with Crippen LogP contribution in [0.3, 0.4) is 0 Å². The van der Waals surface area contributed by atoms with Gasteiger partial charge in [0.05, 0.1) is 11.0 Å².